The Kier molecular flexibility index (Phi) is 7.94. The van der Waals surface area contributed by atoms with Crippen molar-refractivity contribution in [2.45, 2.75) is 56.7 Å². The van der Waals surface area contributed by atoms with Gasteiger partial charge in [-0.15, -0.1) is 0 Å². The van der Waals surface area contributed by atoms with E-state index in [1.807, 2.05) is 12.1 Å². The lowest BCUT2D eigenvalue weighted by Crippen LogP contribution is -2.50. The zero-order valence-electron chi connectivity index (χ0n) is 14.1. The minimum Gasteiger partial charge on any atom is -0.497 e. The SMILES string of the molecule is COc1ccc(CCCCCO[C@@H]2O[C@H](CO)C[C@H](O)[C@H]2O)cc1. The summed E-state index contributed by atoms with van der Waals surface area (Å²) in [5.41, 5.74) is 1.27. The van der Waals surface area contributed by atoms with Crippen molar-refractivity contribution in [3.63, 3.8) is 0 Å². The molecule has 1 aromatic rings. The molecule has 136 valence electrons. The van der Waals surface area contributed by atoms with Gasteiger partial charge in [-0.2, -0.15) is 0 Å². The van der Waals surface area contributed by atoms with Gasteiger partial charge in [0.05, 0.1) is 25.9 Å². The van der Waals surface area contributed by atoms with Crippen LogP contribution in [0.1, 0.15) is 31.2 Å². The maximum absolute atomic E-state index is 9.85. The van der Waals surface area contributed by atoms with E-state index in [9.17, 15) is 10.2 Å². The van der Waals surface area contributed by atoms with Crippen molar-refractivity contribution in [3.8, 4) is 5.75 Å². The Morgan fingerprint density at radius 1 is 1.12 bits per heavy atom. The number of rotatable bonds is 9. The number of hydrogen-bond donors (Lipinski definition) is 3. The van der Waals surface area contributed by atoms with Crippen molar-refractivity contribution in [2.75, 3.05) is 20.3 Å². The summed E-state index contributed by atoms with van der Waals surface area (Å²) in [5.74, 6) is 0.863. The van der Waals surface area contributed by atoms with Crippen LogP contribution in [-0.4, -0.2) is 60.2 Å². The lowest BCUT2D eigenvalue weighted by molar-refractivity contribution is -0.271. The van der Waals surface area contributed by atoms with Gasteiger partial charge in [0.25, 0.3) is 0 Å². The summed E-state index contributed by atoms with van der Waals surface area (Å²) in [6.45, 7) is 0.265. The Bertz CT molecular complexity index is 463. The van der Waals surface area contributed by atoms with Crippen LogP contribution in [0.4, 0.5) is 0 Å². The first-order valence-electron chi connectivity index (χ1n) is 8.51. The summed E-state index contributed by atoms with van der Waals surface area (Å²) in [6, 6.07) is 8.06. The van der Waals surface area contributed by atoms with Crippen molar-refractivity contribution >= 4 is 0 Å². The zero-order valence-corrected chi connectivity index (χ0v) is 14.1. The van der Waals surface area contributed by atoms with Gasteiger partial charge in [-0.3, -0.25) is 0 Å². The highest BCUT2D eigenvalue weighted by molar-refractivity contribution is 5.27. The van der Waals surface area contributed by atoms with Gasteiger partial charge in [0, 0.05) is 13.0 Å². The normalized spacial score (nSPS) is 27.2. The zero-order chi connectivity index (χ0) is 17.4. The Labute approximate surface area is 143 Å². The number of aryl methyl sites for hydroxylation is 1. The maximum atomic E-state index is 9.85. The van der Waals surface area contributed by atoms with Crippen LogP contribution < -0.4 is 4.74 Å². The quantitative estimate of drug-likeness (QED) is 0.587. The van der Waals surface area contributed by atoms with E-state index in [-0.39, 0.29) is 13.0 Å². The number of ether oxygens (including phenoxy) is 3. The van der Waals surface area contributed by atoms with Crippen molar-refractivity contribution in [1.82, 2.24) is 0 Å². The molecule has 0 saturated carbocycles. The fraction of sp³-hybridized carbons (Fsp3) is 0.667. The lowest BCUT2D eigenvalue weighted by atomic mass is 10.0. The molecule has 0 aliphatic carbocycles. The predicted octanol–water partition coefficient (Wildman–Crippen LogP) is 1.25. The third kappa shape index (κ3) is 5.72. The van der Waals surface area contributed by atoms with Gasteiger partial charge < -0.3 is 29.5 Å². The summed E-state index contributed by atoms with van der Waals surface area (Å²) >= 11 is 0. The average Bonchev–Trinajstić information content (AvgIpc) is 2.61. The molecule has 1 saturated heterocycles. The Hall–Kier alpha value is -1.18. The summed E-state index contributed by atoms with van der Waals surface area (Å²) in [7, 11) is 1.66. The highest BCUT2D eigenvalue weighted by Crippen LogP contribution is 2.21. The van der Waals surface area contributed by atoms with Crippen LogP contribution in [0.3, 0.4) is 0 Å². The molecule has 1 heterocycles. The fourth-order valence-electron chi connectivity index (χ4n) is 2.77. The molecule has 3 N–H and O–H groups in total. The van der Waals surface area contributed by atoms with Crippen LogP contribution in [0.25, 0.3) is 0 Å². The monoisotopic (exact) mass is 340 g/mol. The summed E-state index contributed by atoms with van der Waals surface area (Å²) in [4.78, 5) is 0. The Balaban J connectivity index is 1.60. The molecule has 6 nitrogen and oxygen atoms in total. The van der Waals surface area contributed by atoms with E-state index in [1.54, 1.807) is 7.11 Å². The van der Waals surface area contributed by atoms with E-state index in [1.165, 1.54) is 5.56 Å². The number of aliphatic hydroxyl groups is 3. The van der Waals surface area contributed by atoms with Gasteiger partial charge in [0.15, 0.2) is 6.29 Å². The van der Waals surface area contributed by atoms with Gasteiger partial charge in [0.1, 0.15) is 11.9 Å². The number of aliphatic hydroxyl groups excluding tert-OH is 3. The van der Waals surface area contributed by atoms with Crippen molar-refractivity contribution in [1.29, 1.82) is 0 Å². The molecule has 1 aliphatic rings. The van der Waals surface area contributed by atoms with Crippen LogP contribution in [0.5, 0.6) is 5.75 Å². The summed E-state index contributed by atoms with van der Waals surface area (Å²) < 4.78 is 16.1. The second-order valence-electron chi connectivity index (χ2n) is 6.13. The van der Waals surface area contributed by atoms with Crippen LogP contribution >= 0.6 is 0 Å². The van der Waals surface area contributed by atoms with E-state index in [0.717, 1.165) is 31.4 Å². The molecule has 0 radical (unpaired) electrons. The van der Waals surface area contributed by atoms with Gasteiger partial charge in [0.2, 0.25) is 0 Å². The third-order valence-electron chi connectivity index (χ3n) is 4.26. The molecule has 1 fully saturated rings. The maximum Gasteiger partial charge on any atom is 0.186 e. The van der Waals surface area contributed by atoms with Gasteiger partial charge >= 0.3 is 0 Å². The van der Waals surface area contributed by atoms with Crippen molar-refractivity contribution in [2.24, 2.45) is 0 Å². The second kappa shape index (κ2) is 9.96. The number of benzene rings is 1. The van der Waals surface area contributed by atoms with Gasteiger partial charge in [-0.05, 0) is 37.0 Å². The Morgan fingerprint density at radius 3 is 2.54 bits per heavy atom. The predicted molar refractivity (Wildman–Crippen MR) is 88.9 cm³/mol. The average molecular weight is 340 g/mol. The van der Waals surface area contributed by atoms with Crippen molar-refractivity contribution in [3.05, 3.63) is 29.8 Å². The van der Waals surface area contributed by atoms with E-state index < -0.39 is 24.6 Å². The number of hydrogen-bond acceptors (Lipinski definition) is 6. The molecule has 4 atom stereocenters. The minimum atomic E-state index is -1.06. The van der Waals surface area contributed by atoms with Crippen LogP contribution in [0, 0.1) is 0 Å². The highest BCUT2D eigenvalue weighted by Gasteiger charge is 2.36. The molecule has 1 aromatic carbocycles. The Morgan fingerprint density at radius 2 is 1.88 bits per heavy atom. The largest absolute Gasteiger partial charge is 0.497 e. The number of methoxy groups -OCH3 is 1. The fourth-order valence-corrected chi connectivity index (χ4v) is 2.77. The molecule has 0 bridgehead atoms. The highest BCUT2D eigenvalue weighted by atomic mass is 16.7. The third-order valence-corrected chi connectivity index (χ3v) is 4.26. The first kappa shape index (κ1) is 19.1. The van der Waals surface area contributed by atoms with Crippen molar-refractivity contribution < 1.29 is 29.5 Å². The molecule has 0 unspecified atom stereocenters. The van der Waals surface area contributed by atoms with Gasteiger partial charge in [-0.1, -0.05) is 18.6 Å². The second-order valence-corrected chi connectivity index (χ2v) is 6.13. The smallest absolute Gasteiger partial charge is 0.186 e. The van der Waals surface area contributed by atoms with E-state index >= 15 is 0 Å². The molecule has 0 amide bonds. The first-order valence-corrected chi connectivity index (χ1v) is 8.51. The molecule has 0 aromatic heterocycles. The molecule has 0 spiro atoms. The lowest BCUT2D eigenvalue weighted by Gasteiger charge is -2.36. The molecular formula is C18H28O6. The molecular weight excluding hydrogens is 312 g/mol. The topological polar surface area (TPSA) is 88.4 Å². The molecule has 24 heavy (non-hydrogen) atoms. The molecule has 2 rings (SSSR count). The van der Waals surface area contributed by atoms with Crippen LogP contribution in [0.2, 0.25) is 0 Å². The van der Waals surface area contributed by atoms with Crippen LogP contribution in [0.15, 0.2) is 24.3 Å². The first-order chi connectivity index (χ1) is 11.6. The van der Waals surface area contributed by atoms with Gasteiger partial charge in [-0.25, -0.2) is 0 Å². The standard InChI is InChI=1S/C18H28O6/c1-22-14-8-6-13(7-9-14)5-3-2-4-10-23-18-17(21)16(20)11-15(12-19)24-18/h6-9,15-21H,2-5,10-12H2,1H3/t15-,16-,17+,18+/m0/s1. The summed E-state index contributed by atoms with van der Waals surface area (Å²) in [5, 5.41) is 28.7. The van der Waals surface area contributed by atoms with Crippen LogP contribution in [-0.2, 0) is 15.9 Å². The van der Waals surface area contributed by atoms with E-state index in [2.05, 4.69) is 12.1 Å². The summed E-state index contributed by atoms with van der Waals surface area (Å²) in [6.07, 6.45) is 0.783. The molecule has 6 heteroatoms. The van der Waals surface area contributed by atoms with E-state index in [4.69, 9.17) is 19.3 Å². The molecule has 1 aliphatic heterocycles. The minimum absolute atomic E-state index is 0.189. The van der Waals surface area contributed by atoms with E-state index in [0.29, 0.717) is 6.61 Å². The number of unbranched alkanes of at least 4 members (excludes halogenated alkanes) is 2.